The molecule has 0 radical (unpaired) electrons. The maximum atomic E-state index is 15.9. The number of piperidine rings is 1. The maximum absolute atomic E-state index is 15.9. The van der Waals surface area contributed by atoms with Crippen LogP contribution >= 0.6 is 11.6 Å². The van der Waals surface area contributed by atoms with Crippen molar-refractivity contribution in [3.63, 3.8) is 0 Å². The normalized spacial score (nSPS) is 17.9. The number of likely N-dealkylation sites (tertiary alicyclic amines) is 1. The second-order valence-electron chi connectivity index (χ2n) is 30.6. The number of rotatable bonds is 37. The zero-order chi connectivity index (χ0) is 79.1. The van der Waals surface area contributed by atoms with Crippen molar-refractivity contribution in [2.75, 3.05) is 96.2 Å². The summed E-state index contributed by atoms with van der Waals surface area (Å²) in [6, 6.07) is -5.79. The minimum Gasteiger partial charge on any atom is -0.359 e. The molecule has 1 aliphatic heterocycles. The van der Waals surface area contributed by atoms with Crippen molar-refractivity contribution in [1.82, 2.24) is 65.8 Å². The van der Waals surface area contributed by atoms with Crippen molar-refractivity contribution in [1.29, 1.82) is 0 Å². The molecule has 1 heterocycles. The molecule has 30 heteroatoms. The molecule has 3 aliphatic carbocycles. The van der Waals surface area contributed by atoms with Gasteiger partial charge in [-0.05, 0) is 132 Å². The molecule has 596 valence electrons. The van der Waals surface area contributed by atoms with Gasteiger partial charge in [0.15, 0.2) is 0 Å². The molecule has 0 unspecified atom stereocenters. The lowest BCUT2D eigenvalue weighted by atomic mass is 9.81. The maximum Gasteiger partial charge on any atom is 0.417 e. The van der Waals surface area contributed by atoms with Gasteiger partial charge >= 0.3 is 6.18 Å². The average Bonchev–Trinajstić information content (AvgIpc) is 1.36. The van der Waals surface area contributed by atoms with Crippen LogP contribution in [0.5, 0.6) is 0 Å². The van der Waals surface area contributed by atoms with E-state index in [1.165, 1.54) is 93.9 Å². The van der Waals surface area contributed by atoms with Gasteiger partial charge in [0.25, 0.3) is 0 Å². The third kappa shape index (κ3) is 24.8. The third-order valence-electron chi connectivity index (χ3n) is 22.2. The number of likely N-dealkylation sites (N-methyl/N-ethyl adjacent to an activating group) is 8. The summed E-state index contributed by atoms with van der Waals surface area (Å²) in [6.45, 7) is 8.64. The van der Waals surface area contributed by atoms with Gasteiger partial charge in [0.2, 0.25) is 70.9 Å². The van der Waals surface area contributed by atoms with Gasteiger partial charge in [-0.15, -0.1) is 0 Å². The Bertz CT molecular complexity index is 3210. The molecule has 26 nitrogen and oxygen atoms in total. The summed E-state index contributed by atoms with van der Waals surface area (Å²) in [7, 11) is 13.0. The molecule has 5 rings (SSSR count). The van der Waals surface area contributed by atoms with Crippen LogP contribution in [0.25, 0.3) is 0 Å². The van der Waals surface area contributed by atoms with E-state index in [1.54, 1.807) is 18.9 Å². The van der Waals surface area contributed by atoms with Gasteiger partial charge in [0.05, 0.1) is 36.6 Å². The topological polar surface area (TPSA) is 308 Å². The van der Waals surface area contributed by atoms with Crippen molar-refractivity contribution >= 4 is 88.3 Å². The number of Topliss-reactive ketones (excluding diaryl/α,β-unsaturated/α-hetero) is 1. The molecule has 4 aliphatic rings. The summed E-state index contributed by atoms with van der Waals surface area (Å²) < 4.78 is 41.7. The van der Waals surface area contributed by atoms with Gasteiger partial charge in [-0.1, -0.05) is 116 Å². The van der Waals surface area contributed by atoms with Crippen LogP contribution < -0.4 is 26.6 Å². The summed E-state index contributed by atoms with van der Waals surface area (Å²) >= 11 is 6.16. The van der Waals surface area contributed by atoms with E-state index in [0.717, 1.165) is 66.9 Å². The molecule has 0 spiro atoms. The minimum atomic E-state index is -4.78. The lowest BCUT2D eigenvalue weighted by Crippen LogP contribution is -2.65. The Morgan fingerprint density at radius 2 is 1.20 bits per heavy atom. The number of ketones is 1. The summed E-state index contributed by atoms with van der Waals surface area (Å²) in [6.07, 6.45) is 5.79. The highest BCUT2D eigenvalue weighted by Crippen LogP contribution is 2.38. The molecule has 0 bridgehead atoms. The lowest BCUT2D eigenvalue weighted by Gasteiger charge is -2.43. The number of amides is 12. The van der Waals surface area contributed by atoms with E-state index < -0.39 is 148 Å². The molecule has 0 aromatic heterocycles. The van der Waals surface area contributed by atoms with Gasteiger partial charge in [-0.2, -0.15) is 13.2 Å². The second kappa shape index (κ2) is 41.8. The van der Waals surface area contributed by atoms with Gasteiger partial charge < -0.3 is 65.8 Å². The fraction of sp³-hybridized carbons (Fsp3) is 0.750. The summed E-state index contributed by atoms with van der Waals surface area (Å²) in [4.78, 5) is 199. The Kier molecular flexibility index (Phi) is 35.2. The summed E-state index contributed by atoms with van der Waals surface area (Å²) in [5.41, 5.74) is -2.55. The van der Waals surface area contributed by atoms with E-state index in [9.17, 15) is 46.7 Å². The highest BCUT2D eigenvalue weighted by molar-refractivity contribution is 6.31. The number of hydrogen-bond donors (Lipinski definition) is 5. The number of alkyl halides is 3. The first-order valence-corrected chi connectivity index (χ1v) is 38.5. The van der Waals surface area contributed by atoms with Gasteiger partial charge in [-0.3, -0.25) is 62.3 Å². The van der Waals surface area contributed by atoms with Gasteiger partial charge in [0.1, 0.15) is 53.6 Å². The predicted molar refractivity (Wildman–Crippen MR) is 396 cm³/mol. The van der Waals surface area contributed by atoms with Crippen LogP contribution in [-0.2, 0) is 74.9 Å². The fourth-order valence-corrected chi connectivity index (χ4v) is 15.8. The molecule has 8 atom stereocenters. The van der Waals surface area contributed by atoms with Crippen molar-refractivity contribution in [3.8, 4) is 0 Å². The number of hydrogen-bond acceptors (Lipinski definition) is 14. The van der Waals surface area contributed by atoms with Gasteiger partial charge in [0, 0.05) is 75.9 Å². The Labute approximate surface area is 630 Å². The van der Waals surface area contributed by atoms with Gasteiger partial charge in [-0.25, -0.2) is 0 Å². The molecule has 106 heavy (non-hydrogen) atoms. The molecule has 4 fully saturated rings. The van der Waals surface area contributed by atoms with Crippen molar-refractivity contribution in [3.05, 3.63) is 34.3 Å². The highest BCUT2D eigenvalue weighted by atomic mass is 35.5. The quantitative estimate of drug-likeness (QED) is 0.0501. The van der Waals surface area contributed by atoms with E-state index in [1.807, 2.05) is 20.8 Å². The largest absolute Gasteiger partial charge is 0.417 e. The van der Waals surface area contributed by atoms with E-state index in [2.05, 4.69) is 26.6 Å². The number of nitrogens with one attached hydrogen (secondary N) is 5. The fourth-order valence-electron chi connectivity index (χ4n) is 15.5. The first-order chi connectivity index (χ1) is 49.9. The number of carbonyl (C=O) groups excluding carboxylic acids is 13. The van der Waals surface area contributed by atoms with Crippen LogP contribution in [0.3, 0.4) is 0 Å². The van der Waals surface area contributed by atoms with Crippen LogP contribution in [0.2, 0.25) is 5.02 Å². The number of benzene rings is 1. The molecular weight excluding hydrogens is 1400 g/mol. The van der Waals surface area contributed by atoms with Crippen LogP contribution in [0, 0.1) is 23.7 Å². The van der Waals surface area contributed by atoms with E-state index >= 15 is 28.8 Å². The molecular formula is C76H121ClF3N13O13. The van der Waals surface area contributed by atoms with E-state index in [4.69, 9.17) is 11.6 Å². The first kappa shape index (κ1) is 89.2. The predicted octanol–water partition coefficient (Wildman–Crippen LogP) is 6.12. The molecule has 1 saturated heterocycles. The zero-order valence-electron chi connectivity index (χ0n) is 65.2. The summed E-state index contributed by atoms with van der Waals surface area (Å²) in [5, 5.41) is 13.4. The van der Waals surface area contributed by atoms with E-state index in [-0.39, 0.29) is 93.0 Å². The number of aryl methyl sites for hydroxylation is 1. The third-order valence-corrected chi connectivity index (χ3v) is 22.5. The Morgan fingerprint density at radius 3 is 1.75 bits per heavy atom. The van der Waals surface area contributed by atoms with E-state index in [0.29, 0.717) is 77.3 Å². The summed E-state index contributed by atoms with van der Waals surface area (Å²) in [5.74, 6) is -8.59. The average molecular weight is 1520 g/mol. The number of nitrogens with zero attached hydrogens (tertiary/aromatic N) is 8. The first-order valence-electron chi connectivity index (χ1n) is 38.2. The van der Waals surface area contributed by atoms with Crippen molar-refractivity contribution in [2.45, 2.75) is 249 Å². The Morgan fingerprint density at radius 1 is 0.623 bits per heavy atom. The van der Waals surface area contributed by atoms with Crippen molar-refractivity contribution in [2.24, 2.45) is 23.7 Å². The van der Waals surface area contributed by atoms with Crippen molar-refractivity contribution < 1.29 is 75.5 Å². The van der Waals surface area contributed by atoms with Crippen LogP contribution in [0.4, 0.5) is 13.2 Å². The van der Waals surface area contributed by atoms with Crippen LogP contribution in [0.1, 0.15) is 200 Å². The smallest absolute Gasteiger partial charge is 0.359 e. The second-order valence-corrected chi connectivity index (χ2v) is 31.1. The molecule has 12 amide bonds. The number of halogens is 4. The monoisotopic (exact) mass is 1520 g/mol. The van der Waals surface area contributed by atoms with Crippen LogP contribution in [-0.4, -0.2) is 260 Å². The molecule has 5 N–H and O–H groups in total. The Balaban J connectivity index is 1.51. The standard InChI is InChI=1S/C76H121ClF3N13O13/c1-15-49(4)65(72(104)86(8)46-50(5)94)84-67(99)58(41-48(2)3)88(10)63(97)44-60(71(103)93-39-25-18-26-40-93)91(13)73(105)66(53-29-21-17-22-30-53)92(14)74(106)75(37-23-24-38-75)85-68(100)57(35-36-61(95)82-7)90(12)69(101)56(34-32-52-31-33-54(55(77)42-52)76(78,79)80)83-62(96)47-87(9)70(102)59(89(11)64(98)45-81-6)43-51-27-19-16-20-28-51/h31,33,42,48-49,51,53,56-60,65-66,81H,15-30,32,34-41,43-47H2,1-14H3,(H,82,95)(H,83,96)(H,84,99)(H,85,100)/t49-,56-,57-,58-,59-,60-,65-,66-/m0/s1. The van der Waals surface area contributed by atoms with Crippen LogP contribution in [0.15, 0.2) is 18.2 Å². The SMILES string of the molecule is CC[C@H](C)[C@H](NC(=O)[C@H](CC(C)C)N(C)C(=O)C[C@@H](C(=O)N1CCCCC1)N(C)C(=O)[C@H](C1CCCCC1)N(C)C(=O)C1(NC(=O)[C@H](CCC(=O)NC)N(C)C(=O)[C@H](CCc2ccc(C(F)(F)F)c(Cl)c2)NC(=O)CN(C)C(=O)[C@H](CC2CCCCC2)N(C)C(=O)CNC)CCCC1)C(=O)N(C)CC(C)=O. The molecule has 1 aromatic carbocycles. The highest BCUT2D eigenvalue weighted by Gasteiger charge is 2.51. The Hall–Kier alpha value is -7.43. The minimum absolute atomic E-state index is 0.0503. The lowest BCUT2D eigenvalue weighted by molar-refractivity contribution is -0.157. The zero-order valence-corrected chi connectivity index (χ0v) is 65.9. The number of carbonyl (C=O) groups is 13. The molecule has 3 saturated carbocycles. The molecule has 1 aromatic rings.